The van der Waals surface area contributed by atoms with E-state index in [1.54, 1.807) is 70.5 Å². The Hall–Kier alpha value is -2.99. The van der Waals surface area contributed by atoms with Gasteiger partial charge >= 0.3 is 0 Å². The van der Waals surface area contributed by atoms with Gasteiger partial charge in [0.1, 0.15) is 17.2 Å². The first-order valence-corrected chi connectivity index (χ1v) is 9.11. The third-order valence-corrected chi connectivity index (χ3v) is 4.64. The Labute approximate surface area is 168 Å². The minimum absolute atomic E-state index is 0.205. The molecule has 2 aromatic carbocycles. The number of ether oxygens (including phenoxy) is 2. The van der Waals surface area contributed by atoms with E-state index in [4.69, 9.17) is 21.1 Å². The SMILES string of the molecule is COc1cc(NC2=C(c3ccc(Cl)cc3)C(=O)N(C(C)C)C2=O)cc(OC)c1. The van der Waals surface area contributed by atoms with Crippen molar-refractivity contribution in [2.75, 3.05) is 19.5 Å². The van der Waals surface area contributed by atoms with Gasteiger partial charge in [0.25, 0.3) is 11.8 Å². The first-order valence-electron chi connectivity index (χ1n) is 8.74. The highest BCUT2D eigenvalue weighted by molar-refractivity contribution is 6.37. The summed E-state index contributed by atoms with van der Waals surface area (Å²) in [7, 11) is 3.09. The number of methoxy groups -OCH3 is 2. The number of carbonyl (C=O) groups is 2. The number of nitrogens with zero attached hydrogens (tertiary/aromatic N) is 1. The molecule has 2 amide bonds. The van der Waals surface area contributed by atoms with Crippen molar-refractivity contribution in [2.24, 2.45) is 0 Å². The molecule has 0 atom stereocenters. The van der Waals surface area contributed by atoms with Crippen molar-refractivity contribution in [2.45, 2.75) is 19.9 Å². The minimum Gasteiger partial charge on any atom is -0.497 e. The van der Waals surface area contributed by atoms with Gasteiger partial charge in [0.15, 0.2) is 0 Å². The third-order valence-electron chi connectivity index (χ3n) is 4.39. The predicted molar refractivity (Wildman–Crippen MR) is 109 cm³/mol. The van der Waals surface area contributed by atoms with Crippen molar-refractivity contribution >= 4 is 34.7 Å². The van der Waals surface area contributed by atoms with E-state index in [0.29, 0.717) is 33.3 Å². The summed E-state index contributed by atoms with van der Waals surface area (Å²) in [6.07, 6.45) is 0. The lowest BCUT2D eigenvalue weighted by atomic mass is 10.0. The molecule has 0 saturated heterocycles. The molecule has 6 nitrogen and oxygen atoms in total. The standard InChI is InChI=1S/C21H21ClN2O4/c1-12(2)24-20(25)18(13-5-7-14(22)8-6-13)19(21(24)26)23-15-9-16(27-3)11-17(10-15)28-4/h5-12,23H,1-4H3. The third kappa shape index (κ3) is 3.68. The van der Waals surface area contributed by atoms with Crippen LogP contribution in [0.3, 0.4) is 0 Å². The van der Waals surface area contributed by atoms with Crippen LogP contribution in [0.1, 0.15) is 19.4 Å². The average molecular weight is 401 g/mol. The van der Waals surface area contributed by atoms with Gasteiger partial charge < -0.3 is 14.8 Å². The summed E-state index contributed by atoms with van der Waals surface area (Å²) in [5.74, 6) is 0.396. The van der Waals surface area contributed by atoms with Gasteiger partial charge in [0.2, 0.25) is 0 Å². The molecule has 7 heteroatoms. The second-order valence-electron chi connectivity index (χ2n) is 6.56. The highest BCUT2D eigenvalue weighted by atomic mass is 35.5. The average Bonchev–Trinajstić information content (AvgIpc) is 2.92. The molecular weight excluding hydrogens is 380 g/mol. The molecule has 0 unspecified atom stereocenters. The van der Waals surface area contributed by atoms with Gasteiger partial charge in [-0.1, -0.05) is 23.7 Å². The van der Waals surface area contributed by atoms with E-state index in [0.717, 1.165) is 0 Å². The van der Waals surface area contributed by atoms with Crippen LogP contribution >= 0.6 is 11.6 Å². The molecule has 1 N–H and O–H groups in total. The zero-order valence-corrected chi connectivity index (χ0v) is 16.8. The highest BCUT2D eigenvalue weighted by Crippen LogP contribution is 2.34. The number of nitrogens with one attached hydrogen (secondary N) is 1. The first kappa shape index (κ1) is 19.8. The van der Waals surface area contributed by atoms with E-state index in [2.05, 4.69) is 5.32 Å². The van der Waals surface area contributed by atoms with Crippen molar-refractivity contribution in [3.63, 3.8) is 0 Å². The van der Waals surface area contributed by atoms with Crippen LogP contribution in [-0.2, 0) is 9.59 Å². The molecule has 3 rings (SSSR count). The first-order chi connectivity index (χ1) is 13.3. The lowest BCUT2D eigenvalue weighted by Gasteiger charge is -2.19. The van der Waals surface area contributed by atoms with Gasteiger partial charge in [0, 0.05) is 35.0 Å². The van der Waals surface area contributed by atoms with Crippen molar-refractivity contribution in [1.29, 1.82) is 0 Å². The zero-order valence-electron chi connectivity index (χ0n) is 16.1. The second-order valence-corrected chi connectivity index (χ2v) is 6.99. The summed E-state index contributed by atoms with van der Waals surface area (Å²) in [5, 5.41) is 3.64. The van der Waals surface area contributed by atoms with Crippen LogP contribution in [-0.4, -0.2) is 37.0 Å². The van der Waals surface area contributed by atoms with Crippen molar-refractivity contribution in [3.05, 3.63) is 58.7 Å². The molecule has 1 heterocycles. The lowest BCUT2D eigenvalue weighted by molar-refractivity contribution is -0.138. The topological polar surface area (TPSA) is 67.9 Å². The number of halogens is 1. The van der Waals surface area contributed by atoms with Gasteiger partial charge in [-0.2, -0.15) is 0 Å². The summed E-state index contributed by atoms with van der Waals surface area (Å²) >= 11 is 5.97. The minimum atomic E-state index is -0.383. The summed E-state index contributed by atoms with van der Waals surface area (Å²) < 4.78 is 10.6. The number of amides is 2. The van der Waals surface area contributed by atoms with Crippen LogP contribution in [0.2, 0.25) is 5.02 Å². The van der Waals surface area contributed by atoms with Gasteiger partial charge in [0.05, 0.1) is 19.8 Å². The molecule has 0 spiro atoms. The zero-order chi connectivity index (χ0) is 20.4. The summed E-state index contributed by atoms with van der Waals surface area (Å²) in [6.45, 7) is 3.60. The highest BCUT2D eigenvalue weighted by Gasteiger charge is 2.40. The lowest BCUT2D eigenvalue weighted by Crippen LogP contribution is -2.38. The van der Waals surface area contributed by atoms with Gasteiger partial charge in [-0.05, 0) is 31.5 Å². The number of hydrogen-bond donors (Lipinski definition) is 1. The summed E-state index contributed by atoms with van der Waals surface area (Å²) in [4.78, 5) is 27.3. The van der Waals surface area contributed by atoms with Crippen LogP contribution in [0, 0.1) is 0 Å². The molecule has 146 valence electrons. The normalized spacial score (nSPS) is 14.1. The Kier molecular flexibility index (Phi) is 5.61. The molecule has 0 fully saturated rings. The molecule has 1 aliphatic heterocycles. The van der Waals surface area contributed by atoms with Crippen molar-refractivity contribution < 1.29 is 19.1 Å². The van der Waals surface area contributed by atoms with Crippen LogP contribution < -0.4 is 14.8 Å². The Balaban J connectivity index is 2.11. The van der Waals surface area contributed by atoms with E-state index in [9.17, 15) is 9.59 Å². The number of carbonyl (C=O) groups excluding carboxylic acids is 2. The fourth-order valence-electron chi connectivity index (χ4n) is 3.04. The molecule has 0 saturated carbocycles. The van der Waals surface area contributed by atoms with E-state index >= 15 is 0 Å². The van der Waals surface area contributed by atoms with E-state index in [1.807, 2.05) is 0 Å². The summed E-state index contributed by atoms with van der Waals surface area (Å²) in [5.41, 5.74) is 1.70. The largest absolute Gasteiger partial charge is 0.497 e. The van der Waals surface area contributed by atoms with Crippen molar-refractivity contribution in [3.8, 4) is 11.5 Å². The molecular formula is C21H21ClN2O4. The molecule has 0 aliphatic carbocycles. The molecule has 0 aromatic heterocycles. The Bertz CT molecular complexity index is 929. The molecule has 2 aromatic rings. The molecule has 0 radical (unpaired) electrons. The Morgan fingerprint density at radius 2 is 1.50 bits per heavy atom. The van der Waals surface area contributed by atoms with Crippen LogP contribution in [0.5, 0.6) is 11.5 Å². The monoisotopic (exact) mass is 400 g/mol. The Morgan fingerprint density at radius 3 is 2.00 bits per heavy atom. The van der Waals surface area contributed by atoms with E-state index in [1.165, 1.54) is 4.90 Å². The molecule has 28 heavy (non-hydrogen) atoms. The van der Waals surface area contributed by atoms with Gasteiger partial charge in [-0.15, -0.1) is 0 Å². The van der Waals surface area contributed by atoms with E-state index < -0.39 is 0 Å². The quantitative estimate of drug-likeness (QED) is 0.743. The number of benzene rings is 2. The van der Waals surface area contributed by atoms with Crippen LogP contribution in [0.25, 0.3) is 5.57 Å². The Morgan fingerprint density at radius 1 is 0.929 bits per heavy atom. The maximum absolute atomic E-state index is 13.0. The van der Waals surface area contributed by atoms with Crippen LogP contribution in [0.15, 0.2) is 48.2 Å². The second kappa shape index (κ2) is 7.94. The number of imide groups is 1. The van der Waals surface area contributed by atoms with Crippen molar-refractivity contribution in [1.82, 2.24) is 4.90 Å². The smallest absolute Gasteiger partial charge is 0.278 e. The number of rotatable bonds is 6. The van der Waals surface area contributed by atoms with Gasteiger partial charge in [-0.3, -0.25) is 14.5 Å². The number of hydrogen-bond acceptors (Lipinski definition) is 5. The van der Waals surface area contributed by atoms with E-state index in [-0.39, 0.29) is 23.6 Å². The van der Waals surface area contributed by atoms with Gasteiger partial charge in [-0.25, -0.2) is 0 Å². The summed E-state index contributed by atoms with van der Waals surface area (Å²) in [6, 6.07) is 11.7. The molecule has 0 bridgehead atoms. The predicted octanol–water partition coefficient (Wildman–Crippen LogP) is 3.96. The fourth-order valence-corrected chi connectivity index (χ4v) is 3.17. The van der Waals surface area contributed by atoms with Crippen LogP contribution in [0.4, 0.5) is 5.69 Å². The molecule has 1 aliphatic rings. The fraction of sp³-hybridized carbons (Fsp3) is 0.238. The maximum Gasteiger partial charge on any atom is 0.278 e. The number of anilines is 1. The maximum atomic E-state index is 13.0.